The molecule has 0 aliphatic carbocycles. The van der Waals surface area contributed by atoms with Gasteiger partial charge >= 0.3 is 0 Å². The van der Waals surface area contributed by atoms with Crippen LogP contribution < -0.4 is 15.8 Å². The molecule has 23 heavy (non-hydrogen) atoms. The summed E-state index contributed by atoms with van der Waals surface area (Å²) in [6, 6.07) is 13.6. The summed E-state index contributed by atoms with van der Waals surface area (Å²) < 4.78 is 5.93. The number of hydrogen-bond acceptors (Lipinski definition) is 3. The van der Waals surface area contributed by atoms with Gasteiger partial charge in [-0.05, 0) is 35.9 Å². The van der Waals surface area contributed by atoms with Crippen LogP contribution in [-0.2, 0) is 5.41 Å². The second-order valence-corrected chi connectivity index (χ2v) is 6.51. The Labute approximate surface area is 135 Å². The van der Waals surface area contributed by atoms with Gasteiger partial charge in [-0.1, -0.05) is 26.0 Å². The standard InChI is InChI=1S/C19H18N2O2/c1-19(2)13-9-11(18(20)22)7-8-15(13)21-17-12-5-3-4-6-16(12)23-10-14(17)19/h3-9,21H,10H2,1-2H3,(H2,20,22). The molecule has 116 valence electrons. The van der Waals surface area contributed by atoms with E-state index in [1.54, 1.807) is 6.07 Å². The highest BCUT2D eigenvalue weighted by atomic mass is 16.5. The third-order valence-corrected chi connectivity index (χ3v) is 4.82. The van der Waals surface area contributed by atoms with Crippen LogP contribution in [0.1, 0.15) is 35.3 Å². The highest BCUT2D eigenvalue weighted by Gasteiger charge is 2.38. The van der Waals surface area contributed by atoms with E-state index in [0.717, 1.165) is 28.3 Å². The van der Waals surface area contributed by atoms with Gasteiger partial charge in [0.15, 0.2) is 0 Å². The summed E-state index contributed by atoms with van der Waals surface area (Å²) in [5, 5.41) is 3.52. The molecule has 2 aromatic carbocycles. The summed E-state index contributed by atoms with van der Waals surface area (Å²) in [6.07, 6.45) is 0. The lowest BCUT2D eigenvalue weighted by Crippen LogP contribution is -2.34. The van der Waals surface area contributed by atoms with Crippen LogP contribution in [-0.4, -0.2) is 12.5 Å². The summed E-state index contributed by atoms with van der Waals surface area (Å²) in [7, 11) is 0. The van der Waals surface area contributed by atoms with Crippen molar-refractivity contribution in [1.29, 1.82) is 0 Å². The number of hydrogen-bond donors (Lipinski definition) is 2. The number of fused-ring (bicyclic) bond motifs is 3. The van der Waals surface area contributed by atoms with Gasteiger partial charge in [0.25, 0.3) is 0 Å². The zero-order valence-corrected chi connectivity index (χ0v) is 13.1. The third kappa shape index (κ3) is 1.95. The number of primary amides is 1. The lowest BCUT2D eigenvalue weighted by molar-refractivity contribution is 0.1000. The molecule has 0 fully saturated rings. The Morgan fingerprint density at radius 3 is 2.78 bits per heavy atom. The molecule has 1 amide bonds. The number of anilines is 1. The van der Waals surface area contributed by atoms with E-state index in [1.807, 2.05) is 30.3 Å². The third-order valence-electron chi connectivity index (χ3n) is 4.82. The van der Waals surface area contributed by atoms with E-state index < -0.39 is 5.91 Å². The highest BCUT2D eigenvalue weighted by molar-refractivity contribution is 5.95. The quantitative estimate of drug-likeness (QED) is 0.849. The van der Waals surface area contributed by atoms with Crippen LogP contribution in [0.25, 0.3) is 5.70 Å². The number of carbonyl (C=O) groups excluding carboxylic acids is 1. The van der Waals surface area contributed by atoms with Gasteiger partial charge in [-0.25, -0.2) is 0 Å². The van der Waals surface area contributed by atoms with Crippen LogP contribution in [0, 0.1) is 0 Å². The average molecular weight is 306 g/mol. The zero-order valence-electron chi connectivity index (χ0n) is 13.1. The molecule has 2 aliphatic rings. The van der Waals surface area contributed by atoms with Crippen molar-refractivity contribution in [1.82, 2.24) is 0 Å². The Bertz CT molecular complexity index is 865. The number of ether oxygens (including phenoxy) is 1. The van der Waals surface area contributed by atoms with Crippen molar-refractivity contribution in [2.45, 2.75) is 19.3 Å². The molecule has 4 rings (SSSR count). The van der Waals surface area contributed by atoms with Crippen molar-refractivity contribution in [2.24, 2.45) is 5.73 Å². The molecule has 0 bridgehead atoms. The Morgan fingerprint density at radius 1 is 1.22 bits per heavy atom. The second-order valence-electron chi connectivity index (χ2n) is 6.51. The normalized spacial score (nSPS) is 17.3. The lowest BCUT2D eigenvalue weighted by Gasteiger charge is -2.40. The largest absolute Gasteiger partial charge is 0.488 e. The molecule has 0 unspecified atom stereocenters. The maximum atomic E-state index is 11.5. The van der Waals surface area contributed by atoms with Crippen molar-refractivity contribution < 1.29 is 9.53 Å². The topological polar surface area (TPSA) is 64.3 Å². The number of carbonyl (C=O) groups is 1. The van der Waals surface area contributed by atoms with Crippen molar-refractivity contribution in [3.8, 4) is 5.75 Å². The van der Waals surface area contributed by atoms with Crippen LogP contribution in [0.3, 0.4) is 0 Å². The number of para-hydroxylation sites is 1. The summed E-state index contributed by atoms with van der Waals surface area (Å²) in [4.78, 5) is 11.5. The summed E-state index contributed by atoms with van der Waals surface area (Å²) in [5.74, 6) is 0.486. The molecule has 2 heterocycles. The van der Waals surface area contributed by atoms with E-state index in [0.29, 0.717) is 12.2 Å². The van der Waals surface area contributed by atoms with Crippen LogP contribution in [0.15, 0.2) is 48.0 Å². The molecule has 0 saturated carbocycles. The maximum Gasteiger partial charge on any atom is 0.248 e. The van der Waals surface area contributed by atoms with E-state index in [1.165, 1.54) is 5.57 Å². The number of amides is 1. The smallest absolute Gasteiger partial charge is 0.248 e. The predicted molar refractivity (Wildman–Crippen MR) is 90.5 cm³/mol. The molecule has 0 saturated heterocycles. The molecular formula is C19H18N2O2. The second kappa shape index (κ2) is 4.62. The van der Waals surface area contributed by atoms with E-state index >= 15 is 0 Å². The van der Waals surface area contributed by atoms with Crippen LogP contribution in [0.4, 0.5) is 5.69 Å². The fraction of sp³-hybridized carbons (Fsp3) is 0.211. The first-order chi connectivity index (χ1) is 11.0. The minimum atomic E-state index is -0.409. The predicted octanol–water partition coefficient (Wildman–Crippen LogP) is 3.29. The van der Waals surface area contributed by atoms with E-state index in [2.05, 4.69) is 25.2 Å². The molecule has 4 heteroatoms. The molecular weight excluding hydrogens is 288 g/mol. The summed E-state index contributed by atoms with van der Waals surface area (Å²) in [6.45, 7) is 4.85. The van der Waals surface area contributed by atoms with Gasteiger partial charge in [0.1, 0.15) is 12.4 Å². The first-order valence-electron chi connectivity index (χ1n) is 7.65. The molecule has 0 radical (unpaired) electrons. The van der Waals surface area contributed by atoms with Gasteiger partial charge in [0.2, 0.25) is 5.91 Å². The van der Waals surface area contributed by atoms with Gasteiger partial charge in [-0.2, -0.15) is 0 Å². The Hall–Kier alpha value is -2.75. The fourth-order valence-corrected chi connectivity index (χ4v) is 3.44. The SMILES string of the molecule is CC1(C)C2=C(Nc3ccc(C(N)=O)cc31)c1ccccc1OC2. The molecule has 4 nitrogen and oxygen atoms in total. The van der Waals surface area contributed by atoms with Gasteiger partial charge in [-0.3, -0.25) is 4.79 Å². The first kappa shape index (κ1) is 13.9. The van der Waals surface area contributed by atoms with Gasteiger partial charge in [0, 0.05) is 27.8 Å². The summed E-state index contributed by atoms with van der Waals surface area (Å²) >= 11 is 0. The molecule has 2 aliphatic heterocycles. The Morgan fingerprint density at radius 2 is 2.00 bits per heavy atom. The van der Waals surface area contributed by atoms with Gasteiger partial charge in [-0.15, -0.1) is 0 Å². The van der Waals surface area contributed by atoms with Gasteiger partial charge < -0.3 is 15.8 Å². The minimum Gasteiger partial charge on any atom is -0.488 e. The van der Waals surface area contributed by atoms with Crippen molar-refractivity contribution in [3.05, 3.63) is 64.7 Å². The zero-order chi connectivity index (χ0) is 16.2. The maximum absolute atomic E-state index is 11.5. The van der Waals surface area contributed by atoms with Gasteiger partial charge in [0.05, 0.1) is 5.70 Å². The Kier molecular flexibility index (Phi) is 2.79. The highest BCUT2D eigenvalue weighted by Crippen LogP contribution is 2.48. The van der Waals surface area contributed by atoms with Crippen LogP contribution >= 0.6 is 0 Å². The number of rotatable bonds is 1. The first-order valence-corrected chi connectivity index (χ1v) is 7.65. The number of nitrogens with one attached hydrogen (secondary N) is 1. The molecule has 0 aromatic heterocycles. The number of nitrogens with two attached hydrogens (primary N) is 1. The fourth-order valence-electron chi connectivity index (χ4n) is 3.44. The average Bonchev–Trinajstić information content (AvgIpc) is 2.54. The lowest BCUT2D eigenvalue weighted by atomic mass is 9.72. The van der Waals surface area contributed by atoms with Crippen molar-refractivity contribution in [2.75, 3.05) is 11.9 Å². The van der Waals surface area contributed by atoms with Crippen molar-refractivity contribution in [3.63, 3.8) is 0 Å². The molecule has 0 atom stereocenters. The van der Waals surface area contributed by atoms with Crippen LogP contribution in [0.5, 0.6) is 5.75 Å². The van der Waals surface area contributed by atoms with E-state index in [4.69, 9.17) is 10.5 Å². The monoisotopic (exact) mass is 306 g/mol. The minimum absolute atomic E-state index is 0.241. The molecule has 2 aromatic rings. The Balaban J connectivity index is 1.92. The molecule has 3 N–H and O–H groups in total. The van der Waals surface area contributed by atoms with Crippen LogP contribution in [0.2, 0.25) is 0 Å². The molecule has 0 spiro atoms. The number of benzene rings is 2. The summed E-state index contributed by atoms with van der Waals surface area (Å²) in [5.41, 5.74) is 11.2. The van der Waals surface area contributed by atoms with E-state index in [9.17, 15) is 4.79 Å². The van der Waals surface area contributed by atoms with E-state index in [-0.39, 0.29) is 5.41 Å². The van der Waals surface area contributed by atoms with Crippen molar-refractivity contribution >= 4 is 17.3 Å².